The van der Waals surface area contributed by atoms with Crippen LogP contribution in [0.25, 0.3) is 0 Å². The molecular weight excluding hydrogens is 317 g/mol. The highest BCUT2D eigenvalue weighted by molar-refractivity contribution is 7.46. The summed E-state index contributed by atoms with van der Waals surface area (Å²) >= 11 is 0. The van der Waals surface area contributed by atoms with Gasteiger partial charge in [0.05, 0.1) is 13.2 Å². The van der Waals surface area contributed by atoms with E-state index in [9.17, 15) is 4.57 Å². The van der Waals surface area contributed by atoms with E-state index in [1.165, 1.54) is 57.8 Å². The Labute approximate surface area is 142 Å². The van der Waals surface area contributed by atoms with Crippen molar-refractivity contribution in [2.24, 2.45) is 5.73 Å². The Kier molecular flexibility index (Phi) is 22.1. The zero-order valence-electron chi connectivity index (χ0n) is 14.8. The number of aliphatic hydroxyl groups is 1. The fourth-order valence-electron chi connectivity index (χ4n) is 2.13. The van der Waals surface area contributed by atoms with Crippen LogP contribution in [-0.4, -0.2) is 34.7 Å². The van der Waals surface area contributed by atoms with Crippen molar-refractivity contribution in [2.75, 3.05) is 19.8 Å². The van der Waals surface area contributed by atoms with E-state index >= 15 is 0 Å². The molecule has 0 radical (unpaired) electrons. The van der Waals surface area contributed by atoms with Crippen molar-refractivity contribution in [3.05, 3.63) is 0 Å². The summed E-state index contributed by atoms with van der Waals surface area (Å²) in [5, 5.41) is 7.75. The first-order chi connectivity index (χ1) is 11.0. The van der Waals surface area contributed by atoms with Gasteiger partial charge in [0.15, 0.2) is 0 Å². The van der Waals surface area contributed by atoms with E-state index in [1.54, 1.807) is 0 Å². The van der Waals surface area contributed by atoms with Crippen LogP contribution < -0.4 is 5.73 Å². The zero-order valence-corrected chi connectivity index (χ0v) is 15.7. The van der Waals surface area contributed by atoms with Gasteiger partial charge in [0.25, 0.3) is 0 Å². The SMILES string of the molecule is CCCCCCCCCCCCCCOP(=O)(O)O.NCCO. The maximum atomic E-state index is 10.4. The van der Waals surface area contributed by atoms with Crippen molar-refractivity contribution in [1.82, 2.24) is 0 Å². The second-order valence-corrected chi connectivity index (χ2v) is 6.96. The molecule has 5 N–H and O–H groups in total. The lowest BCUT2D eigenvalue weighted by molar-refractivity contribution is 0.193. The van der Waals surface area contributed by atoms with Crippen LogP contribution in [0.3, 0.4) is 0 Å². The van der Waals surface area contributed by atoms with Crippen molar-refractivity contribution >= 4 is 7.82 Å². The maximum Gasteiger partial charge on any atom is 0.469 e. The quantitative estimate of drug-likeness (QED) is 0.263. The van der Waals surface area contributed by atoms with E-state index < -0.39 is 7.82 Å². The standard InChI is InChI=1S/C14H31O4P.C2H7NO/c1-2-3-4-5-6-7-8-9-10-11-12-13-14-18-19(15,16)17;3-1-2-4/h2-14H2,1H3,(H2,15,16,17);4H,1-3H2. The molecule has 0 aromatic heterocycles. The van der Waals surface area contributed by atoms with Crippen LogP contribution in [0, 0.1) is 0 Å². The third-order valence-corrected chi connectivity index (χ3v) is 3.91. The Morgan fingerprint density at radius 3 is 1.48 bits per heavy atom. The normalized spacial score (nSPS) is 11.2. The highest BCUT2D eigenvalue weighted by atomic mass is 31.2. The molecule has 0 bridgehead atoms. The Bertz CT molecular complexity index is 259. The average Bonchev–Trinajstić information content (AvgIpc) is 2.51. The molecule has 0 spiro atoms. The van der Waals surface area contributed by atoms with Crippen molar-refractivity contribution in [3.8, 4) is 0 Å². The van der Waals surface area contributed by atoms with Crippen LogP contribution in [0.5, 0.6) is 0 Å². The predicted molar refractivity (Wildman–Crippen MR) is 95.2 cm³/mol. The van der Waals surface area contributed by atoms with E-state index in [4.69, 9.17) is 20.6 Å². The monoisotopic (exact) mass is 355 g/mol. The molecule has 0 rings (SSSR count). The van der Waals surface area contributed by atoms with Crippen LogP contribution in [0.15, 0.2) is 0 Å². The van der Waals surface area contributed by atoms with Crippen LogP contribution in [-0.2, 0) is 9.09 Å². The number of phosphoric acid groups is 1. The highest BCUT2D eigenvalue weighted by Gasteiger charge is 2.12. The topological polar surface area (TPSA) is 113 Å². The molecule has 0 amide bonds. The average molecular weight is 355 g/mol. The molecule has 0 aliphatic heterocycles. The molecule has 0 unspecified atom stereocenters. The molecule has 0 aliphatic rings. The minimum atomic E-state index is -4.25. The molecule has 0 fully saturated rings. The molecule has 0 aromatic carbocycles. The summed E-state index contributed by atoms with van der Waals surface area (Å²) in [6.07, 6.45) is 14.9. The number of phosphoric ester groups is 1. The number of unbranched alkanes of at least 4 members (excludes halogenated alkanes) is 11. The van der Waals surface area contributed by atoms with Gasteiger partial charge in [0.2, 0.25) is 0 Å². The molecule has 0 heterocycles. The Morgan fingerprint density at radius 1 is 0.826 bits per heavy atom. The van der Waals surface area contributed by atoms with Gasteiger partial charge < -0.3 is 20.6 Å². The number of aliphatic hydroxyl groups excluding tert-OH is 1. The van der Waals surface area contributed by atoms with Crippen LogP contribution in [0.4, 0.5) is 0 Å². The second kappa shape index (κ2) is 20.1. The van der Waals surface area contributed by atoms with E-state index in [0.29, 0.717) is 6.54 Å². The van der Waals surface area contributed by atoms with Crippen LogP contribution in [0.2, 0.25) is 0 Å². The predicted octanol–water partition coefficient (Wildman–Crippen LogP) is 3.73. The first-order valence-corrected chi connectivity index (χ1v) is 10.5. The summed E-state index contributed by atoms with van der Waals surface area (Å²) in [5.74, 6) is 0. The van der Waals surface area contributed by atoms with Gasteiger partial charge in [0.1, 0.15) is 0 Å². The lowest BCUT2D eigenvalue weighted by Gasteiger charge is -2.05. The number of hydrogen-bond acceptors (Lipinski definition) is 4. The van der Waals surface area contributed by atoms with Gasteiger partial charge in [-0.3, -0.25) is 4.52 Å². The molecule has 142 valence electrons. The lowest BCUT2D eigenvalue weighted by atomic mass is 10.1. The molecular formula is C16H38NO5P. The van der Waals surface area contributed by atoms with E-state index in [2.05, 4.69) is 11.4 Å². The molecule has 23 heavy (non-hydrogen) atoms. The smallest absolute Gasteiger partial charge is 0.395 e. The summed E-state index contributed by atoms with van der Waals surface area (Å²) < 4.78 is 14.8. The first-order valence-electron chi connectivity index (χ1n) is 8.99. The number of nitrogens with two attached hydrogens (primary N) is 1. The van der Waals surface area contributed by atoms with Crippen molar-refractivity contribution in [2.45, 2.75) is 84.0 Å². The van der Waals surface area contributed by atoms with Crippen molar-refractivity contribution in [3.63, 3.8) is 0 Å². The van der Waals surface area contributed by atoms with Gasteiger partial charge in [-0.15, -0.1) is 0 Å². The molecule has 6 nitrogen and oxygen atoms in total. The highest BCUT2D eigenvalue weighted by Crippen LogP contribution is 2.35. The minimum Gasteiger partial charge on any atom is -0.395 e. The Morgan fingerprint density at radius 2 is 1.17 bits per heavy atom. The third-order valence-electron chi connectivity index (χ3n) is 3.39. The van der Waals surface area contributed by atoms with Gasteiger partial charge >= 0.3 is 7.82 Å². The fraction of sp³-hybridized carbons (Fsp3) is 1.00. The second-order valence-electron chi connectivity index (χ2n) is 5.73. The van der Waals surface area contributed by atoms with Crippen molar-refractivity contribution in [1.29, 1.82) is 0 Å². The lowest BCUT2D eigenvalue weighted by Crippen LogP contribution is -2.02. The van der Waals surface area contributed by atoms with Crippen molar-refractivity contribution < 1.29 is 24.0 Å². The molecule has 0 aromatic rings. The molecule has 7 heteroatoms. The maximum absolute atomic E-state index is 10.4. The summed E-state index contributed by atoms with van der Waals surface area (Å²) in [6.45, 7) is 2.88. The van der Waals surface area contributed by atoms with Gasteiger partial charge in [-0.2, -0.15) is 0 Å². The van der Waals surface area contributed by atoms with Gasteiger partial charge in [-0.25, -0.2) is 4.57 Å². The van der Waals surface area contributed by atoms with Gasteiger partial charge in [-0.05, 0) is 6.42 Å². The van der Waals surface area contributed by atoms with E-state index in [0.717, 1.165) is 19.3 Å². The van der Waals surface area contributed by atoms with Gasteiger partial charge in [0, 0.05) is 6.54 Å². The fourth-order valence-corrected chi connectivity index (χ4v) is 2.49. The molecule has 0 saturated carbocycles. The Balaban J connectivity index is 0. The largest absolute Gasteiger partial charge is 0.469 e. The van der Waals surface area contributed by atoms with E-state index in [1.807, 2.05) is 0 Å². The summed E-state index contributed by atoms with van der Waals surface area (Å²) in [5.41, 5.74) is 4.78. The van der Waals surface area contributed by atoms with Gasteiger partial charge in [-0.1, -0.05) is 77.6 Å². The molecule has 0 aliphatic carbocycles. The minimum absolute atomic E-state index is 0.0972. The molecule has 0 atom stereocenters. The summed E-state index contributed by atoms with van der Waals surface area (Å²) in [7, 11) is -4.25. The summed E-state index contributed by atoms with van der Waals surface area (Å²) in [4.78, 5) is 17.0. The summed E-state index contributed by atoms with van der Waals surface area (Å²) in [6, 6.07) is 0. The Hall–Kier alpha value is 0.0300. The third kappa shape index (κ3) is 30.5. The molecule has 0 saturated heterocycles. The van der Waals surface area contributed by atoms with E-state index in [-0.39, 0.29) is 13.2 Å². The zero-order chi connectivity index (χ0) is 17.8. The number of hydrogen-bond donors (Lipinski definition) is 4. The van der Waals surface area contributed by atoms with Crippen LogP contribution in [0.1, 0.15) is 84.0 Å². The first kappa shape index (κ1) is 25.3. The number of rotatable bonds is 15. The van der Waals surface area contributed by atoms with Crippen LogP contribution >= 0.6 is 7.82 Å².